The molecule has 1 fully saturated rings. The van der Waals surface area contributed by atoms with E-state index in [-0.39, 0.29) is 17.4 Å². The standard InChI is InChI=1S/C45H36N2O/c46-41(25-26-42(47)36-15-9-11-30-10-1-2-12-33(30)36)31-22-20-29(21-23-31)32-24-27-44-40(28-32)45(39-18-7-8-19-43(39)48-44)37-16-5-3-13-34(37)35-14-4-6-17-38(35)45/h1-6,9-28,34,37,40,44,46-47H,7-8H2/b26-25-,46-41?,47-42?. The van der Waals surface area contributed by atoms with E-state index in [0.717, 1.165) is 46.1 Å². The highest BCUT2D eigenvalue weighted by atomic mass is 16.5. The summed E-state index contributed by atoms with van der Waals surface area (Å²) in [6.45, 7) is 0. The van der Waals surface area contributed by atoms with Crippen LogP contribution in [0.4, 0.5) is 0 Å². The predicted molar refractivity (Wildman–Crippen MR) is 197 cm³/mol. The zero-order valence-corrected chi connectivity index (χ0v) is 26.6. The van der Waals surface area contributed by atoms with Crippen molar-refractivity contribution in [3.05, 3.63) is 197 Å². The van der Waals surface area contributed by atoms with Gasteiger partial charge in [0.25, 0.3) is 0 Å². The molecule has 48 heavy (non-hydrogen) atoms. The van der Waals surface area contributed by atoms with Crippen LogP contribution in [0.15, 0.2) is 169 Å². The van der Waals surface area contributed by atoms with E-state index in [4.69, 9.17) is 15.6 Å². The van der Waals surface area contributed by atoms with Gasteiger partial charge in [-0.3, -0.25) is 0 Å². The number of benzene rings is 4. The molecule has 1 saturated heterocycles. The van der Waals surface area contributed by atoms with Gasteiger partial charge in [-0.1, -0.05) is 134 Å². The topological polar surface area (TPSA) is 56.9 Å². The van der Waals surface area contributed by atoms with Crippen molar-refractivity contribution in [1.82, 2.24) is 0 Å². The number of hydrogen-bond donors (Lipinski definition) is 2. The minimum atomic E-state index is -0.213. The van der Waals surface area contributed by atoms with E-state index in [1.165, 1.54) is 22.3 Å². The molecule has 5 unspecified atom stereocenters. The van der Waals surface area contributed by atoms with Crippen molar-refractivity contribution in [1.29, 1.82) is 10.8 Å². The number of fused-ring (bicyclic) bond motifs is 10. The van der Waals surface area contributed by atoms with Crippen LogP contribution >= 0.6 is 0 Å². The fourth-order valence-corrected chi connectivity index (χ4v) is 8.89. The van der Waals surface area contributed by atoms with Gasteiger partial charge in [-0.05, 0) is 75.7 Å². The molecule has 4 aromatic carbocycles. The Morgan fingerprint density at radius 1 is 0.729 bits per heavy atom. The highest BCUT2D eigenvalue weighted by Crippen LogP contribution is 2.65. The second kappa shape index (κ2) is 11.3. The molecule has 9 rings (SSSR count). The van der Waals surface area contributed by atoms with Gasteiger partial charge in [0.2, 0.25) is 0 Å². The van der Waals surface area contributed by atoms with Crippen LogP contribution in [0.25, 0.3) is 16.3 Å². The third-order valence-corrected chi connectivity index (χ3v) is 11.0. The average Bonchev–Trinajstić information content (AvgIpc) is 3.44. The van der Waals surface area contributed by atoms with E-state index in [1.54, 1.807) is 12.2 Å². The fourth-order valence-electron chi connectivity index (χ4n) is 8.89. The van der Waals surface area contributed by atoms with Crippen LogP contribution in [0.1, 0.15) is 46.6 Å². The van der Waals surface area contributed by atoms with E-state index in [1.807, 2.05) is 42.5 Å². The van der Waals surface area contributed by atoms with Gasteiger partial charge in [0.15, 0.2) is 0 Å². The Hall–Kier alpha value is -5.54. The monoisotopic (exact) mass is 620 g/mol. The molecular weight excluding hydrogens is 585 g/mol. The molecule has 0 amide bonds. The summed E-state index contributed by atoms with van der Waals surface area (Å²) in [7, 11) is 0. The first kappa shape index (κ1) is 28.7. The summed E-state index contributed by atoms with van der Waals surface area (Å²) in [5.74, 6) is 1.85. The van der Waals surface area contributed by atoms with E-state index in [0.29, 0.717) is 23.3 Å². The number of nitrogens with one attached hydrogen (secondary N) is 2. The van der Waals surface area contributed by atoms with Crippen LogP contribution in [0.2, 0.25) is 0 Å². The van der Waals surface area contributed by atoms with Crippen molar-refractivity contribution in [3.63, 3.8) is 0 Å². The molecule has 4 aromatic rings. The van der Waals surface area contributed by atoms with Gasteiger partial charge >= 0.3 is 0 Å². The second-order valence-corrected chi connectivity index (χ2v) is 13.4. The Kier molecular flexibility index (Phi) is 6.76. The molecule has 0 aromatic heterocycles. The van der Waals surface area contributed by atoms with Gasteiger partial charge in [0, 0.05) is 34.3 Å². The summed E-state index contributed by atoms with van der Waals surface area (Å²) in [4.78, 5) is 0. The Bertz CT molecular complexity index is 2220. The largest absolute Gasteiger partial charge is 0.486 e. The lowest BCUT2D eigenvalue weighted by atomic mass is 9.55. The van der Waals surface area contributed by atoms with Gasteiger partial charge in [-0.15, -0.1) is 0 Å². The minimum absolute atomic E-state index is 0.0454. The SMILES string of the molecule is N=C(/C=C\C(=N)c1cccc2ccccc12)c1ccc(C2=CC3C(C=C2)OC2=CCCC=C2C32c3ccccc3C3C=CC=CC32)cc1. The quantitative estimate of drug-likeness (QED) is 0.214. The lowest BCUT2D eigenvalue weighted by molar-refractivity contribution is 0.0434. The summed E-state index contributed by atoms with van der Waals surface area (Å²) in [5.41, 5.74) is 8.80. The smallest absolute Gasteiger partial charge is 0.125 e. The molecule has 1 aliphatic heterocycles. The lowest BCUT2D eigenvalue weighted by Crippen LogP contribution is -2.51. The summed E-state index contributed by atoms with van der Waals surface area (Å²) in [6.07, 6.45) is 26.5. The maximum atomic E-state index is 8.78. The molecule has 3 nitrogen and oxygen atoms in total. The first-order valence-electron chi connectivity index (χ1n) is 17.0. The van der Waals surface area contributed by atoms with Crippen molar-refractivity contribution < 1.29 is 4.74 Å². The number of allylic oxidation sites excluding steroid dienone is 11. The van der Waals surface area contributed by atoms with Crippen LogP contribution in [0, 0.1) is 22.7 Å². The first-order chi connectivity index (χ1) is 23.6. The zero-order chi connectivity index (χ0) is 32.2. The van der Waals surface area contributed by atoms with Gasteiger partial charge in [0.05, 0.1) is 11.4 Å². The molecule has 5 atom stereocenters. The molecule has 1 spiro atoms. The molecule has 2 N–H and O–H groups in total. The van der Waals surface area contributed by atoms with Crippen LogP contribution < -0.4 is 0 Å². The van der Waals surface area contributed by atoms with E-state index in [2.05, 4.69) is 103 Å². The fraction of sp³-hybridized carbons (Fsp3) is 0.156. The Balaban J connectivity index is 1.04. The third kappa shape index (κ3) is 4.34. The highest BCUT2D eigenvalue weighted by Gasteiger charge is 2.61. The predicted octanol–water partition coefficient (Wildman–Crippen LogP) is 10.2. The maximum Gasteiger partial charge on any atom is 0.125 e. The average molecular weight is 621 g/mol. The number of rotatable bonds is 5. The molecule has 1 heterocycles. The molecule has 0 saturated carbocycles. The van der Waals surface area contributed by atoms with Crippen molar-refractivity contribution in [3.8, 4) is 0 Å². The van der Waals surface area contributed by atoms with Crippen LogP contribution in [-0.2, 0) is 10.2 Å². The van der Waals surface area contributed by atoms with E-state index in [9.17, 15) is 0 Å². The van der Waals surface area contributed by atoms with Crippen LogP contribution in [0.5, 0.6) is 0 Å². The van der Waals surface area contributed by atoms with Crippen LogP contribution in [0.3, 0.4) is 0 Å². The zero-order valence-electron chi connectivity index (χ0n) is 26.6. The molecule has 232 valence electrons. The molecule has 4 aliphatic carbocycles. The first-order valence-corrected chi connectivity index (χ1v) is 17.0. The summed E-state index contributed by atoms with van der Waals surface area (Å²) in [6, 6.07) is 31.5. The molecule has 3 heteroatoms. The van der Waals surface area contributed by atoms with Crippen LogP contribution in [-0.4, -0.2) is 17.5 Å². The van der Waals surface area contributed by atoms with Crippen molar-refractivity contribution in [2.24, 2.45) is 11.8 Å². The minimum Gasteiger partial charge on any atom is -0.486 e. The van der Waals surface area contributed by atoms with Gasteiger partial charge in [0.1, 0.15) is 11.9 Å². The van der Waals surface area contributed by atoms with Gasteiger partial charge in [-0.25, -0.2) is 0 Å². The summed E-state index contributed by atoms with van der Waals surface area (Å²) >= 11 is 0. The van der Waals surface area contributed by atoms with E-state index < -0.39 is 0 Å². The molecular formula is C45H36N2O. The highest BCUT2D eigenvalue weighted by molar-refractivity contribution is 6.18. The third-order valence-electron chi connectivity index (χ3n) is 11.0. The maximum absolute atomic E-state index is 8.78. The molecule has 5 aliphatic rings. The molecule has 0 bridgehead atoms. The lowest BCUT2D eigenvalue weighted by Gasteiger charge is -2.52. The summed E-state index contributed by atoms with van der Waals surface area (Å²) < 4.78 is 6.78. The van der Waals surface area contributed by atoms with Gasteiger partial charge in [-0.2, -0.15) is 0 Å². The normalized spacial score (nSPS) is 26.2. The number of ether oxygens (including phenoxy) is 1. The van der Waals surface area contributed by atoms with Crippen molar-refractivity contribution in [2.75, 3.05) is 0 Å². The summed E-state index contributed by atoms with van der Waals surface area (Å²) in [5, 5.41) is 19.7. The van der Waals surface area contributed by atoms with Gasteiger partial charge < -0.3 is 15.6 Å². The second-order valence-electron chi connectivity index (χ2n) is 13.4. The molecule has 0 radical (unpaired) electrons. The van der Waals surface area contributed by atoms with E-state index >= 15 is 0 Å². The Morgan fingerprint density at radius 2 is 1.50 bits per heavy atom. The Labute approximate surface area is 281 Å². The number of hydrogen-bond acceptors (Lipinski definition) is 3. The van der Waals surface area contributed by atoms with Crippen molar-refractivity contribution >= 4 is 27.8 Å². The Morgan fingerprint density at radius 3 is 2.42 bits per heavy atom. The van der Waals surface area contributed by atoms with Crippen molar-refractivity contribution in [2.45, 2.75) is 30.3 Å².